The number of nitrogens with zero attached hydrogens (tertiary/aromatic N) is 1. The summed E-state index contributed by atoms with van der Waals surface area (Å²) in [6.45, 7) is 4.10. The Morgan fingerprint density at radius 1 is 1.43 bits per heavy atom. The molecule has 1 aromatic rings. The molecule has 0 aliphatic carbocycles. The van der Waals surface area contributed by atoms with Crippen molar-refractivity contribution in [2.24, 2.45) is 0 Å². The highest BCUT2D eigenvalue weighted by atomic mass is 127. The standard InChI is InChI=1S/C15H19IN2O3/c1-3-11-6-4-9(2)18(11)15(21)17-13-7-5-10(16)8-12(13)14(19)20/h5,7-9,11H,3-4,6H2,1-2H3,(H,17,21)(H,19,20). The van der Waals surface area contributed by atoms with Gasteiger partial charge in [-0.05, 0) is 67.0 Å². The Hall–Kier alpha value is -1.31. The van der Waals surface area contributed by atoms with Crippen molar-refractivity contribution >= 4 is 40.3 Å². The molecule has 2 amide bonds. The zero-order valence-electron chi connectivity index (χ0n) is 12.1. The summed E-state index contributed by atoms with van der Waals surface area (Å²) in [5.41, 5.74) is 0.469. The number of hydrogen-bond acceptors (Lipinski definition) is 2. The Labute approximate surface area is 137 Å². The minimum atomic E-state index is -1.04. The maximum absolute atomic E-state index is 12.5. The summed E-state index contributed by atoms with van der Waals surface area (Å²) in [5, 5.41) is 12.0. The molecule has 1 fully saturated rings. The van der Waals surface area contributed by atoms with Gasteiger partial charge < -0.3 is 15.3 Å². The van der Waals surface area contributed by atoms with Gasteiger partial charge in [0, 0.05) is 15.7 Å². The predicted molar refractivity (Wildman–Crippen MR) is 89.8 cm³/mol. The fraction of sp³-hybridized carbons (Fsp3) is 0.467. The molecule has 1 aliphatic heterocycles. The molecule has 5 nitrogen and oxygen atoms in total. The predicted octanol–water partition coefficient (Wildman–Crippen LogP) is 3.78. The number of halogens is 1. The minimum absolute atomic E-state index is 0.121. The molecular formula is C15H19IN2O3. The van der Waals surface area contributed by atoms with Crippen molar-refractivity contribution < 1.29 is 14.7 Å². The average molecular weight is 402 g/mol. The molecular weight excluding hydrogens is 383 g/mol. The number of rotatable bonds is 3. The van der Waals surface area contributed by atoms with Crippen molar-refractivity contribution in [2.45, 2.75) is 45.2 Å². The molecule has 1 heterocycles. The van der Waals surface area contributed by atoms with E-state index in [0.717, 1.165) is 22.8 Å². The van der Waals surface area contributed by atoms with E-state index < -0.39 is 5.97 Å². The lowest BCUT2D eigenvalue weighted by Crippen LogP contribution is -2.42. The van der Waals surface area contributed by atoms with Gasteiger partial charge in [-0.1, -0.05) is 6.92 Å². The first kappa shape index (κ1) is 16.1. The minimum Gasteiger partial charge on any atom is -0.478 e. The fourth-order valence-corrected chi connectivity index (χ4v) is 3.31. The van der Waals surface area contributed by atoms with Crippen LogP contribution in [0.2, 0.25) is 0 Å². The van der Waals surface area contributed by atoms with Crippen LogP contribution in [-0.2, 0) is 0 Å². The van der Waals surface area contributed by atoms with Crippen molar-refractivity contribution in [1.29, 1.82) is 0 Å². The molecule has 114 valence electrons. The van der Waals surface area contributed by atoms with Crippen LogP contribution in [0.4, 0.5) is 10.5 Å². The second-order valence-corrected chi connectivity index (χ2v) is 6.57. The van der Waals surface area contributed by atoms with Crippen LogP contribution in [0.1, 0.15) is 43.5 Å². The quantitative estimate of drug-likeness (QED) is 0.757. The summed E-state index contributed by atoms with van der Waals surface area (Å²) in [7, 11) is 0. The summed E-state index contributed by atoms with van der Waals surface area (Å²) in [6.07, 6.45) is 2.91. The second-order valence-electron chi connectivity index (χ2n) is 5.32. The maximum Gasteiger partial charge on any atom is 0.337 e. The monoisotopic (exact) mass is 402 g/mol. The average Bonchev–Trinajstić information content (AvgIpc) is 2.81. The normalized spacial score (nSPS) is 21.4. The number of anilines is 1. The lowest BCUT2D eigenvalue weighted by Gasteiger charge is -2.28. The Morgan fingerprint density at radius 2 is 2.14 bits per heavy atom. The summed E-state index contributed by atoms with van der Waals surface area (Å²) < 4.78 is 0.823. The topological polar surface area (TPSA) is 69.6 Å². The number of nitrogens with one attached hydrogen (secondary N) is 1. The first-order chi connectivity index (χ1) is 9.93. The molecule has 0 saturated carbocycles. The van der Waals surface area contributed by atoms with Crippen molar-refractivity contribution in [3.05, 3.63) is 27.3 Å². The number of aromatic carboxylic acids is 1. The van der Waals surface area contributed by atoms with Crippen molar-refractivity contribution in [3.63, 3.8) is 0 Å². The van der Waals surface area contributed by atoms with Gasteiger partial charge in [-0.3, -0.25) is 0 Å². The number of urea groups is 1. The van der Waals surface area contributed by atoms with Gasteiger partial charge in [-0.2, -0.15) is 0 Å². The van der Waals surface area contributed by atoms with Crippen molar-refractivity contribution in [1.82, 2.24) is 4.90 Å². The third kappa shape index (κ3) is 3.48. The number of likely N-dealkylation sites (tertiary alicyclic amines) is 1. The first-order valence-corrected chi connectivity index (χ1v) is 8.14. The van der Waals surface area contributed by atoms with Crippen LogP contribution < -0.4 is 5.32 Å². The van der Waals surface area contributed by atoms with Gasteiger partial charge >= 0.3 is 12.0 Å². The van der Waals surface area contributed by atoms with Gasteiger partial charge in [0.05, 0.1) is 11.3 Å². The smallest absolute Gasteiger partial charge is 0.337 e. The van der Waals surface area contributed by atoms with E-state index in [1.54, 1.807) is 18.2 Å². The van der Waals surface area contributed by atoms with Gasteiger partial charge in [0.2, 0.25) is 0 Å². The van der Waals surface area contributed by atoms with Gasteiger partial charge in [0.15, 0.2) is 0 Å². The highest BCUT2D eigenvalue weighted by Crippen LogP contribution is 2.27. The van der Waals surface area contributed by atoms with Gasteiger partial charge in [0.1, 0.15) is 0 Å². The summed E-state index contributed by atoms with van der Waals surface area (Å²) in [5.74, 6) is -1.04. The van der Waals surface area contributed by atoms with Crippen LogP contribution >= 0.6 is 22.6 Å². The molecule has 0 bridgehead atoms. The van der Waals surface area contributed by atoms with E-state index in [2.05, 4.69) is 34.8 Å². The molecule has 2 rings (SSSR count). The van der Waals surface area contributed by atoms with Gasteiger partial charge in [-0.15, -0.1) is 0 Å². The largest absolute Gasteiger partial charge is 0.478 e. The lowest BCUT2D eigenvalue weighted by atomic mass is 10.1. The summed E-state index contributed by atoms with van der Waals surface area (Å²) in [6, 6.07) is 5.20. The Morgan fingerprint density at radius 3 is 2.76 bits per heavy atom. The third-order valence-corrected chi connectivity index (χ3v) is 4.62. The van der Waals surface area contributed by atoms with Crippen LogP contribution in [-0.4, -0.2) is 34.1 Å². The zero-order chi connectivity index (χ0) is 15.6. The lowest BCUT2D eigenvalue weighted by molar-refractivity contribution is 0.0698. The highest BCUT2D eigenvalue weighted by Gasteiger charge is 2.33. The molecule has 0 spiro atoms. The Kier molecular flexibility index (Phi) is 5.08. The fourth-order valence-electron chi connectivity index (χ4n) is 2.82. The molecule has 1 aliphatic rings. The molecule has 0 aromatic heterocycles. The summed E-state index contributed by atoms with van der Waals surface area (Å²) >= 11 is 2.05. The van der Waals surface area contributed by atoms with Gasteiger partial charge in [0.25, 0.3) is 0 Å². The van der Waals surface area contributed by atoms with Crippen LogP contribution in [0.15, 0.2) is 18.2 Å². The molecule has 0 radical (unpaired) electrons. The molecule has 21 heavy (non-hydrogen) atoms. The number of carboxylic acids is 1. The zero-order valence-corrected chi connectivity index (χ0v) is 14.3. The number of carbonyl (C=O) groups is 2. The number of amides is 2. The molecule has 6 heteroatoms. The number of carboxylic acid groups (broad SMARTS) is 1. The van der Waals surface area contributed by atoms with E-state index in [4.69, 9.17) is 0 Å². The van der Waals surface area contributed by atoms with Crippen LogP contribution in [0.3, 0.4) is 0 Å². The van der Waals surface area contributed by atoms with Crippen LogP contribution in [0.25, 0.3) is 0 Å². The van der Waals surface area contributed by atoms with E-state index in [1.807, 2.05) is 11.8 Å². The van der Waals surface area contributed by atoms with Crippen LogP contribution in [0.5, 0.6) is 0 Å². The Bertz CT molecular complexity index is 562. The molecule has 2 unspecified atom stereocenters. The van der Waals surface area contributed by atoms with Gasteiger partial charge in [-0.25, -0.2) is 9.59 Å². The van der Waals surface area contributed by atoms with E-state index in [9.17, 15) is 14.7 Å². The van der Waals surface area contributed by atoms with E-state index >= 15 is 0 Å². The number of benzene rings is 1. The number of carbonyl (C=O) groups excluding carboxylic acids is 1. The molecule has 1 saturated heterocycles. The maximum atomic E-state index is 12.5. The third-order valence-electron chi connectivity index (χ3n) is 3.95. The molecule has 2 atom stereocenters. The van der Waals surface area contributed by atoms with Crippen molar-refractivity contribution in [3.8, 4) is 0 Å². The summed E-state index contributed by atoms with van der Waals surface area (Å²) in [4.78, 5) is 25.6. The van der Waals surface area contributed by atoms with E-state index in [1.165, 1.54) is 0 Å². The van der Waals surface area contributed by atoms with E-state index in [-0.39, 0.29) is 23.7 Å². The number of hydrogen-bond donors (Lipinski definition) is 2. The first-order valence-electron chi connectivity index (χ1n) is 7.06. The molecule has 2 N–H and O–H groups in total. The molecule has 1 aromatic carbocycles. The Balaban J connectivity index is 2.22. The van der Waals surface area contributed by atoms with Crippen LogP contribution in [0, 0.1) is 3.57 Å². The van der Waals surface area contributed by atoms with E-state index in [0.29, 0.717) is 5.69 Å². The van der Waals surface area contributed by atoms with Crippen molar-refractivity contribution in [2.75, 3.05) is 5.32 Å². The highest BCUT2D eigenvalue weighted by molar-refractivity contribution is 14.1. The SMILES string of the molecule is CCC1CCC(C)N1C(=O)Nc1ccc(I)cc1C(=O)O. The second kappa shape index (κ2) is 6.64.